The van der Waals surface area contributed by atoms with Crippen LogP contribution < -0.4 is 11.1 Å². The molecule has 0 saturated carbocycles. The van der Waals surface area contributed by atoms with Gasteiger partial charge >= 0.3 is 0 Å². The van der Waals surface area contributed by atoms with E-state index in [0.717, 1.165) is 49.3 Å². The number of piperidine rings is 1. The van der Waals surface area contributed by atoms with Crippen LogP contribution in [0.15, 0.2) is 12.3 Å². The maximum Gasteiger partial charge on any atom is 0.142 e. The average molecular weight is 359 g/mol. The van der Waals surface area contributed by atoms with Crippen LogP contribution in [-0.4, -0.2) is 27.9 Å². The highest BCUT2D eigenvalue weighted by atomic mass is 35.5. The molecule has 132 valence electrons. The van der Waals surface area contributed by atoms with Gasteiger partial charge in [-0.1, -0.05) is 0 Å². The normalized spacial score (nSPS) is 18.2. The van der Waals surface area contributed by atoms with Crippen LogP contribution >= 0.6 is 12.4 Å². The van der Waals surface area contributed by atoms with Crippen LogP contribution in [0.5, 0.6) is 0 Å². The van der Waals surface area contributed by atoms with Gasteiger partial charge in [0, 0.05) is 24.5 Å². The number of pyridine rings is 1. The zero-order valence-electron chi connectivity index (χ0n) is 14.4. The van der Waals surface area contributed by atoms with Gasteiger partial charge in [-0.2, -0.15) is 10.4 Å². The van der Waals surface area contributed by atoms with E-state index in [4.69, 9.17) is 5.73 Å². The number of rotatable bonds is 1. The number of nitrogen functional groups attached to an aromatic ring is 1. The van der Waals surface area contributed by atoms with Gasteiger partial charge in [-0.15, -0.1) is 12.4 Å². The van der Waals surface area contributed by atoms with E-state index in [2.05, 4.69) is 21.5 Å². The molecule has 0 aromatic carbocycles. The molecule has 0 bridgehead atoms. The van der Waals surface area contributed by atoms with Crippen LogP contribution in [-0.2, 0) is 19.9 Å². The van der Waals surface area contributed by atoms with Gasteiger partial charge in [0.2, 0.25) is 0 Å². The Morgan fingerprint density at radius 1 is 1.32 bits per heavy atom. The van der Waals surface area contributed by atoms with Crippen LogP contribution in [0.25, 0.3) is 11.3 Å². The molecule has 1 saturated heterocycles. The largest absolute Gasteiger partial charge is 0.383 e. The summed E-state index contributed by atoms with van der Waals surface area (Å²) in [4.78, 5) is 4.57. The van der Waals surface area contributed by atoms with Crippen molar-refractivity contribution in [3.05, 3.63) is 29.1 Å². The zero-order valence-corrected chi connectivity index (χ0v) is 15.2. The van der Waals surface area contributed by atoms with Crippen LogP contribution in [0, 0.1) is 16.7 Å². The zero-order chi connectivity index (χ0) is 16.7. The van der Waals surface area contributed by atoms with Gasteiger partial charge < -0.3 is 11.1 Å². The minimum Gasteiger partial charge on any atom is -0.383 e. The molecule has 6 nitrogen and oxygen atoms in total. The fourth-order valence-corrected chi connectivity index (χ4v) is 4.34. The van der Waals surface area contributed by atoms with Gasteiger partial charge in [-0.3, -0.25) is 4.68 Å². The molecule has 7 heteroatoms. The minimum absolute atomic E-state index is 0. The number of nitrogens with zero attached hydrogens (tertiary/aromatic N) is 4. The van der Waals surface area contributed by atoms with Crippen molar-refractivity contribution < 1.29 is 0 Å². The van der Waals surface area contributed by atoms with Gasteiger partial charge in [-0.05, 0) is 62.2 Å². The van der Waals surface area contributed by atoms with Crippen LogP contribution in [0.1, 0.15) is 36.1 Å². The van der Waals surface area contributed by atoms with Gasteiger partial charge in [0.25, 0.3) is 0 Å². The maximum atomic E-state index is 9.68. The van der Waals surface area contributed by atoms with Crippen molar-refractivity contribution in [2.24, 2.45) is 12.5 Å². The van der Waals surface area contributed by atoms with E-state index in [1.807, 2.05) is 17.8 Å². The van der Waals surface area contributed by atoms with Crippen LogP contribution in [0.3, 0.4) is 0 Å². The third-order valence-electron chi connectivity index (χ3n) is 5.71. The third kappa shape index (κ3) is 2.88. The Hall–Kier alpha value is -2.10. The molecule has 1 aliphatic heterocycles. The molecule has 3 heterocycles. The van der Waals surface area contributed by atoms with E-state index in [1.165, 1.54) is 18.4 Å². The van der Waals surface area contributed by atoms with Gasteiger partial charge in [0.05, 0.1) is 5.69 Å². The fourth-order valence-electron chi connectivity index (χ4n) is 4.34. The molecule has 25 heavy (non-hydrogen) atoms. The number of halogens is 1. The molecular weight excluding hydrogens is 336 g/mol. The van der Waals surface area contributed by atoms with Crippen molar-refractivity contribution in [2.45, 2.75) is 32.1 Å². The summed E-state index contributed by atoms with van der Waals surface area (Å²) in [5.41, 5.74) is 11.1. The molecule has 1 fully saturated rings. The van der Waals surface area contributed by atoms with E-state index in [9.17, 15) is 5.26 Å². The van der Waals surface area contributed by atoms with Gasteiger partial charge in [-0.25, -0.2) is 4.98 Å². The van der Waals surface area contributed by atoms with Crippen molar-refractivity contribution in [1.29, 1.82) is 5.26 Å². The van der Waals surface area contributed by atoms with Crippen LogP contribution in [0.4, 0.5) is 5.82 Å². The smallest absolute Gasteiger partial charge is 0.142 e. The summed E-state index contributed by atoms with van der Waals surface area (Å²) in [5, 5.41) is 17.4. The quantitative estimate of drug-likeness (QED) is 0.815. The van der Waals surface area contributed by atoms with Crippen molar-refractivity contribution in [1.82, 2.24) is 20.1 Å². The number of aryl methyl sites for hydroxylation is 2. The molecule has 0 radical (unpaired) electrons. The number of nitrogens with two attached hydrogens (primary N) is 1. The van der Waals surface area contributed by atoms with Gasteiger partial charge in [0.1, 0.15) is 17.5 Å². The third-order valence-corrected chi connectivity index (χ3v) is 5.71. The van der Waals surface area contributed by atoms with Crippen LogP contribution in [0.2, 0.25) is 0 Å². The molecule has 3 N–H and O–H groups in total. The number of nitriles is 1. The molecule has 2 aliphatic rings. The maximum absolute atomic E-state index is 9.68. The number of hydrogen-bond donors (Lipinski definition) is 2. The Balaban J connectivity index is 0.00000182. The Labute approximate surface area is 153 Å². The Bertz CT molecular complexity index is 829. The molecule has 1 aliphatic carbocycles. The van der Waals surface area contributed by atoms with E-state index >= 15 is 0 Å². The predicted molar refractivity (Wildman–Crippen MR) is 99.4 cm³/mol. The number of aromatic nitrogens is 3. The Morgan fingerprint density at radius 2 is 2.08 bits per heavy atom. The predicted octanol–water partition coefficient (Wildman–Crippen LogP) is 2.22. The molecule has 0 atom stereocenters. The van der Waals surface area contributed by atoms with E-state index < -0.39 is 0 Å². The lowest BCUT2D eigenvalue weighted by molar-refractivity contribution is 0.172. The number of fused-ring (bicyclic) bond motifs is 1. The molecule has 2 aromatic heterocycles. The number of anilines is 1. The van der Waals surface area contributed by atoms with Crippen molar-refractivity contribution in [3.8, 4) is 17.3 Å². The standard InChI is InChI=1S/C18H22N6.ClH/c1-24-15(3-7-22-24)16-12-10-18(5-8-21-9-6-18)4-2-14(12)23-17(20)13(16)11-19;/h3,7,21H,2,4-6,8-10H2,1H3,(H2,20,23);1H. The highest BCUT2D eigenvalue weighted by molar-refractivity contribution is 5.85. The summed E-state index contributed by atoms with van der Waals surface area (Å²) in [6.45, 7) is 2.15. The average Bonchev–Trinajstić information content (AvgIpc) is 3.01. The highest BCUT2D eigenvalue weighted by Crippen LogP contribution is 2.45. The van der Waals surface area contributed by atoms with E-state index in [-0.39, 0.29) is 12.4 Å². The lowest BCUT2D eigenvalue weighted by atomic mass is 9.66. The summed E-state index contributed by atoms with van der Waals surface area (Å²) in [6, 6.07) is 4.24. The second-order valence-corrected chi connectivity index (χ2v) is 7.05. The molecule has 2 aromatic rings. The first-order chi connectivity index (χ1) is 11.6. The van der Waals surface area contributed by atoms with Crippen molar-refractivity contribution >= 4 is 18.2 Å². The fraction of sp³-hybridized carbons (Fsp3) is 0.500. The number of hydrogen-bond acceptors (Lipinski definition) is 5. The summed E-state index contributed by atoms with van der Waals surface area (Å²) in [6.07, 6.45) is 7.21. The first-order valence-corrected chi connectivity index (χ1v) is 8.54. The van der Waals surface area contributed by atoms with E-state index in [1.54, 1.807) is 6.20 Å². The van der Waals surface area contributed by atoms with Crippen molar-refractivity contribution in [3.63, 3.8) is 0 Å². The Kier molecular flexibility index (Phi) is 4.72. The van der Waals surface area contributed by atoms with E-state index in [0.29, 0.717) is 16.8 Å². The summed E-state index contributed by atoms with van der Waals surface area (Å²) in [5.74, 6) is 0.341. The number of nitrogens with one attached hydrogen (secondary N) is 1. The summed E-state index contributed by atoms with van der Waals surface area (Å²) < 4.78 is 1.82. The summed E-state index contributed by atoms with van der Waals surface area (Å²) in [7, 11) is 1.91. The minimum atomic E-state index is 0. The highest BCUT2D eigenvalue weighted by Gasteiger charge is 2.38. The van der Waals surface area contributed by atoms with Crippen molar-refractivity contribution in [2.75, 3.05) is 18.8 Å². The second-order valence-electron chi connectivity index (χ2n) is 7.05. The molecular formula is C18H23ClN6. The molecule has 1 spiro atoms. The summed E-state index contributed by atoms with van der Waals surface area (Å²) >= 11 is 0. The second kappa shape index (κ2) is 6.66. The molecule has 0 unspecified atom stereocenters. The first-order valence-electron chi connectivity index (χ1n) is 8.54. The lowest BCUT2D eigenvalue weighted by Crippen LogP contribution is -2.40. The monoisotopic (exact) mass is 358 g/mol. The SMILES string of the molecule is Cl.Cn1nccc1-c1c(C#N)c(N)nc2c1CC1(CCNCC1)CC2. The molecule has 4 rings (SSSR count). The van der Waals surface area contributed by atoms with Gasteiger partial charge in [0.15, 0.2) is 0 Å². The topological polar surface area (TPSA) is 92.5 Å². The Morgan fingerprint density at radius 3 is 2.72 bits per heavy atom. The molecule has 0 amide bonds. The lowest BCUT2D eigenvalue weighted by Gasteiger charge is -2.42. The first kappa shape index (κ1) is 17.7.